The highest BCUT2D eigenvalue weighted by Gasteiger charge is 2.48. The van der Waals surface area contributed by atoms with Gasteiger partial charge in [-0.2, -0.15) is 0 Å². The molecule has 2 aliphatic heterocycles. The highest BCUT2D eigenvalue weighted by molar-refractivity contribution is 6.21. The minimum Gasteiger partial charge on any atom is -0.336 e. The summed E-state index contributed by atoms with van der Waals surface area (Å²) >= 11 is 0. The lowest BCUT2D eigenvalue weighted by atomic mass is 9.98. The molecule has 2 fully saturated rings. The van der Waals surface area contributed by atoms with Gasteiger partial charge in [0.05, 0.1) is 5.69 Å². The molecule has 0 bridgehead atoms. The van der Waals surface area contributed by atoms with Crippen LogP contribution in [0.2, 0.25) is 0 Å². The van der Waals surface area contributed by atoms with Crippen LogP contribution in [0.25, 0.3) is 0 Å². The maximum Gasteiger partial charge on any atom is 0.332 e. The molecule has 0 radical (unpaired) electrons. The second-order valence-corrected chi connectivity index (χ2v) is 6.64. The van der Waals surface area contributed by atoms with Crippen molar-refractivity contribution in [3.63, 3.8) is 0 Å². The molecule has 2 saturated heterocycles. The first-order valence-corrected chi connectivity index (χ1v) is 8.34. The van der Waals surface area contributed by atoms with Gasteiger partial charge < -0.3 is 15.5 Å². The van der Waals surface area contributed by atoms with E-state index in [9.17, 15) is 18.8 Å². The predicted molar refractivity (Wildman–Crippen MR) is 89.6 cm³/mol. The Labute approximate surface area is 145 Å². The number of hydrogen-bond donors (Lipinski definition) is 2. The number of urea groups is 2. The van der Waals surface area contributed by atoms with Gasteiger partial charge in [0.2, 0.25) is 0 Å². The standard InChI is InChI=1S/C17H21FN4O3/c1-10(2)19-16(24)20-12-6-7-21-14(9-12)15(23)22(17(21)25)13-5-3-4-11(18)8-13/h3-5,8,10,12,14H,6-7,9H2,1-2H3,(H2,19,20,24)/t12-,14+/m1/s1. The number of amides is 5. The number of piperidine rings is 1. The van der Waals surface area contributed by atoms with Crippen LogP contribution in [-0.2, 0) is 4.79 Å². The first-order valence-electron chi connectivity index (χ1n) is 8.34. The summed E-state index contributed by atoms with van der Waals surface area (Å²) in [5.41, 5.74) is 0.228. The molecule has 0 aliphatic carbocycles. The number of carbonyl (C=O) groups excluding carboxylic acids is 3. The molecule has 2 N–H and O–H groups in total. The number of nitrogens with zero attached hydrogens (tertiary/aromatic N) is 2. The lowest BCUT2D eigenvalue weighted by molar-refractivity contribution is -0.120. The van der Waals surface area contributed by atoms with Crippen LogP contribution in [0.3, 0.4) is 0 Å². The van der Waals surface area contributed by atoms with Crippen molar-refractivity contribution in [1.82, 2.24) is 15.5 Å². The number of fused-ring (bicyclic) bond motifs is 1. The zero-order valence-electron chi connectivity index (χ0n) is 14.2. The normalized spacial score (nSPS) is 23.0. The molecule has 2 heterocycles. The van der Waals surface area contributed by atoms with Gasteiger partial charge in [0, 0.05) is 18.6 Å². The third-order valence-electron chi connectivity index (χ3n) is 4.37. The van der Waals surface area contributed by atoms with E-state index in [0.29, 0.717) is 19.4 Å². The second-order valence-electron chi connectivity index (χ2n) is 6.64. The minimum atomic E-state index is -0.631. The topological polar surface area (TPSA) is 81.8 Å². The summed E-state index contributed by atoms with van der Waals surface area (Å²) < 4.78 is 13.4. The molecule has 134 valence electrons. The lowest BCUT2D eigenvalue weighted by Gasteiger charge is -2.32. The van der Waals surface area contributed by atoms with Crippen molar-refractivity contribution in [2.75, 3.05) is 11.4 Å². The maximum absolute atomic E-state index is 13.4. The Kier molecular flexibility index (Phi) is 4.61. The Balaban J connectivity index is 1.72. The van der Waals surface area contributed by atoms with Crippen LogP contribution in [0.15, 0.2) is 24.3 Å². The first-order chi connectivity index (χ1) is 11.9. The first kappa shape index (κ1) is 17.2. The maximum atomic E-state index is 13.4. The van der Waals surface area contributed by atoms with Crippen molar-refractivity contribution >= 4 is 23.7 Å². The number of benzene rings is 1. The number of imide groups is 1. The molecule has 8 heteroatoms. The van der Waals surface area contributed by atoms with E-state index in [-0.39, 0.29) is 29.7 Å². The lowest BCUT2D eigenvalue weighted by Crippen LogP contribution is -2.52. The smallest absolute Gasteiger partial charge is 0.332 e. The molecule has 5 amide bonds. The fourth-order valence-electron chi connectivity index (χ4n) is 3.27. The van der Waals surface area contributed by atoms with Gasteiger partial charge in [-0.1, -0.05) is 6.07 Å². The molecule has 25 heavy (non-hydrogen) atoms. The summed E-state index contributed by atoms with van der Waals surface area (Å²) in [5.74, 6) is -0.890. The fourth-order valence-corrected chi connectivity index (χ4v) is 3.27. The van der Waals surface area contributed by atoms with Gasteiger partial charge in [0.15, 0.2) is 0 Å². The molecule has 7 nitrogen and oxygen atoms in total. The third kappa shape index (κ3) is 3.42. The van der Waals surface area contributed by atoms with Gasteiger partial charge in [-0.05, 0) is 44.9 Å². The van der Waals surface area contributed by atoms with Crippen LogP contribution in [0.1, 0.15) is 26.7 Å². The van der Waals surface area contributed by atoms with E-state index in [2.05, 4.69) is 10.6 Å². The van der Waals surface area contributed by atoms with Crippen molar-refractivity contribution in [1.29, 1.82) is 0 Å². The van der Waals surface area contributed by atoms with Crippen molar-refractivity contribution in [3.05, 3.63) is 30.1 Å². The van der Waals surface area contributed by atoms with E-state index in [4.69, 9.17) is 0 Å². The zero-order valence-corrected chi connectivity index (χ0v) is 14.2. The zero-order chi connectivity index (χ0) is 18.1. The molecule has 1 aromatic rings. The van der Waals surface area contributed by atoms with Crippen molar-refractivity contribution < 1.29 is 18.8 Å². The minimum absolute atomic E-state index is 0.0123. The van der Waals surface area contributed by atoms with Crippen LogP contribution in [0, 0.1) is 5.82 Å². The van der Waals surface area contributed by atoms with Gasteiger partial charge >= 0.3 is 12.1 Å². The Bertz CT molecular complexity index is 709. The molecule has 0 saturated carbocycles. The predicted octanol–water partition coefficient (Wildman–Crippen LogP) is 1.83. The van der Waals surface area contributed by atoms with Gasteiger partial charge in [0.1, 0.15) is 11.9 Å². The number of anilines is 1. The summed E-state index contributed by atoms with van der Waals surface area (Å²) in [7, 11) is 0. The molecule has 0 unspecified atom stereocenters. The largest absolute Gasteiger partial charge is 0.336 e. The Hall–Kier alpha value is -2.64. The van der Waals surface area contributed by atoms with E-state index in [0.717, 1.165) is 4.90 Å². The second kappa shape index (κ2) is 6.70. The molecular formula is C17H21FN4O3. The Morgan fingerprint density at radius 3 is 2.76 bits per heavy atom. The van der Waals surface area contributed by atoms with Crippen LogP contribution < -0.4 is 15.5 Å². The van der Waals surface area contributed by atoms with Gasteiger partial charge in [-0.3, -0.25) is 4.79 Å². The SMILES string of the molecule is CC(C)NC(=O)N[C@@H]1CCN2C(=O)N(c3cccc(F)c3)C(=O)[C@@H]2C1. The summed E-state index contributed by atoms with van der Waals surface area (Å²) in [6.07, 6.45) is 0.917. The molecule has 0 spiro atoms. The van der Waals surface area contributed by atoms with Crippen LogP contribution >= 0.6 is 0 Å². The van der Waals surface area contributed by atoms with E-state index in [1.165, 1.54) is 29.2 Å². The van der Waals surface area contributed by atoms with E-state index in [1.54, 1.807) is 0 Å². The summed E-state index contributed by atoms with van der Waals surface area (Å²) in [4.78, 5) is 39.6. The van der Waals surface area contributed by atoms with Crippen LogP contribution in [0.5, 0.6) is 0 Å². The van der Waals surface area contributed by atoms with E-state index < -0.39 is 17.9 Å². The summed E-state index contributed by atoms with van der Waals surface area (Å²) in [6, 6.07) is 3.89. The number of hydrogen-bond acceptors (Lipinski definition) is 3. The van der Waals surface area contributed by atoms with Crippen molar-refractivity contribution in [2.45, 2.75) is 44.8 Å². The van der Waals surface area contributed by atoms with Gasteiger partial charge in [0.25, 0.3) is 5.91 Å². The molecule has 0 aromatic heterocycles. The van der Waals surface area contributed by atoms with Crippen molar-refractivity contribution in [3.8, 4) is 0 Å². The van der Waals surface area contributed by atoms with Crippen molar-refractivity contribution in [2.24, 2.45) is 0 Å². The number of carbonyl (C=O) groups is 3. The molecule has 2 atom stereocenters. The molecule has 2 aliphatic rings. The molecular weight excluding hydrogens is 327 g/mol. The highest BCUT2D eigenvalue weighted by atomic mass is 19.1. The monoisotopic (exact) mass is 348 g/mol. The Morgan fingerprint density at radius 2 is 2.08 bits per heavy atom. The number of halogens is 1. The Morgan fingerprint density at radius 1 is 1.32 bits per heavy atom. The van der Waals surface area contributed by atoms with Crippen LogP contribution in [0.4, 0.5) is 19.7 Å². The number of rotatable bonds is 3. The summed E-state index contributed by atoms with van der Waals surface area (Å²) in [6.45, 7) is 4.09. The fraction of sp³-hybridized carbons (Fsp3) is 0.471. The van der Waals surface area contributed by atoms with Gasteiger partial charge in [-0.15, -0.1) is 0 Å². The molecule has 3 rings (SSSR count). The summed E-state index contributed by atoms with van der Waals surface area (Å²) in [5, 5.41) is 5.59. The van der Waals surface area contributed by atoms with Gasteiger partial charge in [-0.25, -0.2) is 18.9 Å². The van der Waals surface area contributed by atoms with Crippen LogP contribution in [-0.4, -0.2) is 47.5 Å². The average molecular weight is 348 g/mol. The average Bonchev–Trinajstić information content (AvgIpc) is 2.77. The quantitative estimate of drug-likeness (QED) is 0.818. The van der Waals surface area contributed by atoms with E-state index in [1.807, 2.05) is 13.8 Å². The highest BCUT2D eigenvalue weighted by Crippen LogP contribution is 2.31. The van der Waals surface area contributed by atoms with E-state index >= 15 is 0 Å². The third-order valence-corrected chi connectivity index (χ3v) is 4.37. The molecule has 1 aromatic carbocycles. The number of nitrogens with one attached hydrogen (secondary N) is 2.